The number of hydrogen-bond donors (Lipinski definition) is 2. The molecule has 0 bridgehead atoms. The molecule has 2 saturated heterocycles. The summed E-state index contributed by atoms with van der Waals surface area (Å²) in [4.78, 5) is 18.1. The number of morpholine rings is 1. The number of hydrogen-bond acceptors (Lipinski definition) is 4. The van der Waals surface area contributed by atoms with Crippen molar-refractivity contribution < 1.29 is 14.3 Å². The maximum atomic E-state index is 11.5. The van der Waals surface area contributed by atoms with Gasteiger partial charge in [-0.3, -0.25) is 9.79 Å². The van der Waals surface area contributed by atoms with Gasteiger partial charge in [-0.05, 0) is 12.8 Å². The van der Waals surface area contributed by atoms with Crippen LogP contribution in [0, 0.1) is 5.92 Å². The molecule has 23 heavy (non-hydrogen) atoms. The molecule has 2 rings (SSSR count). The summed E-state index contributed by atoms with van der Waals surface area (Å²) in [5, 5.41) is 6.21. The van der Waals surface area contributed by atoms with E-state index in [1.807, 2.05) is 13.8 Å². The highest BCUT2D eigenvalue weighted by atomic mass is 16.5. The molecule has 2 aliphatic rings. The number of rotatable bonds is 5. The van der Waals surface area contributed by atoms with Crippen LogP contribution in [0.3, 0.4) is 0 Å². The first-order chi connectivity index (χ1) is 11.1. The average molecular weight is 326 g/mol. The molecule has 2 aliphatic heterocycles. The molecule has 2 atom stereocenters. The van der Waals surface area contributed by atoms with Crippen molar-refractivity contribution in [2.24, 2.45) is 10.9 Å². The van der Waals surface area contributed by atoms with Crippen molar-refractivity contribution in [1.29, 1.82) is 0 Å². The van der Waals surface area contributed by atoms with Gasteiger partial charge in [-0.15, -0.1) is 0 Å². The van der Waals surface area contributed by atoms with E-state index in [-0.39, 0.29) is 24.0 Å². The molecule has 7 heteroatoms. The second-order valence-electron chi connectivity index (χ2n) is 6.33. The largest absolute Gasteiger partial charge is 0.375 e. The summed E-state index contributed by atoms with van der Waals surface area (Å²) < 4.78 is 11.6. The van der Waals surface area contributed by atoms with E-state index < -0.39 is 0 Å². The van der Waals surface area contributed by atoms with Crippen LogP contribution < -0.4 is 10.6 Å². The van der Waals surface area contributed by atoms with Crippen LogP contribution in [-0.4, -0.2) is 75.4 Å². The van der Waals surface area contributed by atoms with E-state index in [1.54, 1.807) is 7.05 Å². The summed E-state index contributed by atoms with van der Waals surface area (Å²) in [6, 6.07) is 0. The Morgan fingerprint density at radius 1 is 1.22 bits per heavy atom. The van der Waals surface area contributed by atoms with Gasteiger partial charge in [-0.25, -0.2) is 0 Å². The van der Waals surface area contributed by atoms with E-state index in [1.165, 1.54) is 0 Å². The predicted molar refractivity (Wildman–Crippen MR) is 89.5 cm³/mol. The quantitative estimate of drug-likeness (QED) is 0.429. The van der Waals surface area contributed by atoms with Crippen LogP contribution in [0.1, 0.15) is 26.7 Å². The zero-order valence-corrected chi connectivity index (χ0v) is 14.5. The lowest BCUT2D eigenvalue weighted by molar-refractivity contribution is -0.123. The van der Waals surface area contributed by atoms with E-state index in [9.17, 15) is 4.79 Å². The first kappa shape index (κ1) is 18.0. The van der Waals surface area contributed by atoms with Gasteiger partial charge >= 0.3 is 0 Å². The summed E-state index contributed by atoms with van der Waals surface area (Å²) in [6.45, 7) is 8.18. The Hall–Kier alpha value is -1.34. The standard InChI is InChI=1S/C16H30N4O3/c1-12(2)15(21)18-6-7-19-16(17-3)20-8-10-23-14(11-20)13-5-4-9-22-13/h12-14H,4-11H2,1-3H3,(H,17,19)(H,18,21). The van der Waals surface area contributed by atoms with Crippen LogP contribution in [0.2, 0.25) is 0 Å². The van der Waals surface area contributed by atoms with Gasteiger partial charge in [-0.2, -0.15) is 0 Å². The van der Waals surface area contributed by atoms with E-state index in [2.05, 4.69) is 20.5 Å². The molecule has 2 unspecified atom stereocenters. The van der Waals surface area contributed by atoms with E-state index in [0.29, 0.717) is 19.7 Å². The summed E-state index contributed by atoms with van der Waals surface area (Å²) in [6.07, 6.45) is 2.52. The molecule has 0 spiro atoms. The fraction of sp³-hybridized carbons (Fsp3) is 0.875. The fourth-order valence-electron chi connectivity index (χ4n) is 2.88. The molecule has 0 aromatic rings. The van der Waals surface area contributed by atoms with E-state index >= 15 is 0 Å². The molecule has 2 heterocycles. The van der Waals surface area contributed by atoms with Gasteiger partial charge < -0.3 is 25.0 Å². The maximum Gasteiger partial charge on any atom is 0.222 e. The number of carbonyl (C=O) groups excluding carboxylic acids is 1. The van der Waals surface area contributed by atoms with E-state index in [4.69, 9.17) is 9.47 Å². The fourth-order valence-corrected chi connectivity index (χ4v) is 2.88. The van der Waals surface area contributed by atoms with Crippen LogP contribution in [0.25, 0.3) is 0 Å². The van der Waals surface area contributed by atoms with Gasteiger partial charge in [0.05, 0.1) is 12.7 Å². The molecule has 132 valence electrons. The highest BCUT2D eigenvalue weighted by Crippen LogP contribution is 2.20. The normalized spacial score (nSPS) is 25.7. The third-order valence-corrected chi connectivity index (χ3v) is 4.22. The summed E-state index contributed by atoms with van der Waals surface area (Å²) in [5.74, 6) is 0.947. The second-order valence-corrected chi connectivity index (χ2v) is 6.33. The third kappa shape index (κ3) is 5.35. The molecule has 2 N–H and O–H groups in total. The SMILES string of the molecule is CN=C(NCCNC(=O)C(C)C)N1CCOC(C2CCCO2)C1. The zero-order chi connectivity index (χ0) is 16.7. The molecule has 1 amide bonds. The van der Waals surface area contributed by atoms with Crippen LogP contribution in [0.4, 0.5) is 0 Å². The first-order valence-corrected chi connectivity index (χ1v) is 8.58. The van der Waals surface area contributed by atoms with Crippen LogP contribution in [-0.2, 0) is 14.3 Å². The van der Waals surface area contributed by atoms with Crippen molar-refractivity contribution in [3.63, 3.8) is 0 Å². The van der Waals surface area contributed by atoms with Crippen LogP contribution >= 0.6 is 0 Å². The van der Waals surface area contributed by atoms with E-state index in [0.717, 1.165) is 38.5 Å². The topological polar surface area (TPSA) is 75.2 Å². The lowest BCUT2D eigenvalue weighted by Crippen LogP contribution is -2.54. The Balaban J connectivity index is 1.75. The molecular weight excluding hydrogens is 296 g/mol. The highest BCUT2D eigenvalue weighted by molar-refractivity contribution is 5.80. The Bertz CT molecular complexity index is 408. The summed E-state index contributed by atoms with van der Waals surface area (Å²) in [7, 11) is 1.78. The lowest BCUT2D eigenvalue weighted by atomic mass is 10.1. The minimum atomic E-state index is 0.0146. The van der Waals surface area contributed by atoms with Gasteiger partial charge in [-0.1, -0.05) is 13.8 Å². The van der Waals surface area contributed by atoms with Crippen molar-refractivity contribution in [3.8, 4) is 0 Å². The highest BCUT2D eigenvalue weighted by Gasteiger charge is 2.32. The Morgan fingerprint density at radius 2 is 1.96 bits per heavy atom. The predicted octanol–water partition coefficient (Wildman–Crippen LogP) is 0.214. The number of nitrogens with zero attached hydrogens (tertiary/aromatic N) is 2. The number of carbonyl (C=O) groups is 1. The van der Waals surface area contributed by atoms with Crippen molar-refractivity contribution in [1.82, 2.24) is 15.5 Å². The van der Waals surface area contributed by atoms with Crippen molar-refractivity contribution in [2.75, 3.05) is 46.4 Å². The molecular formula is C16H30N4O3. The van der Waals surface area contributed by atoms with Gasteiger partial charge in [0.1, 0.15) is 6.10 Å². The maximum absolute atomic E-state index is 11.5. The second kappa shape index (κ2) is 9.08. The van der Waals surface area contributed by atoms with Gasteiger partial charge in [0.2, 0.25) is 5.91 Å². The molecule has 0 aromatic carbocycles. The first-order valence-electron chi connectivity index (χ1n) is 8.58. The molecule has 0 aromatic heterocycles. The average Bonchev–Trinajstić information content (AvgIpc) is 3.09. The number of amides is 1. The number of nitrogens with one attached hydrogen (secondary N) is 2. The summed E-state index contributed by atoms with van der Waals surface area (Å²) >= 11 is 0. The minimum absolute atomic E-state index is 0.0146. The Morgan fingerprint density at radius 3 is 2.61 bits per heavy atom. The van der Waals surface area contributed by atoms with Crippen LogP contribution in [0.15, 0.2) is 4.99 Å². The lowest BCUT2D eigenvalue weighted by Gasteiger charge is -2.37. The Kier molecular flexibility index (Phi) is 7.11. The number of aliphatic imine (C=N–C) groups is 1. The molecule has 2 fully saturated rings. The zero-order valence-electron chi connectivity index (χ0n) is 14.5. The van der Waals surface area contributed by atoms with Crippen molar-refractivity contribution in [3.05, 3.63) is 0 Å². The van der Waals surface area contributed by atoms with Gasteiger partial charge in [0.15, 0.2) is 5.96 Å². The smallest absolute Gasteiger partial charge is 0.222 e. The van der Waals surface area contributed by atoms with Crippen molar-refractivity contribution in [2.45, 2.75) is 38.9 Å². The molecule has 0 aliphatic carbocycles. The summed E-state index contributed by atoms with van der Waals surface area (Å²) in [5.41, 5.74) is 0. The molecule has 7 nitrogen and oxygen atoms in total. The van der Waals surface area contributed by atoms with Crippen LogP contribution in [0.5, 0.6) is 0 Å². The number of guanidine groups is 1. The third-order valence-electron chi connectivity index (χ3n) is 4.22. The molecule has 0 radical (unpaired) electrons. The molecule has 0 saturated carbocycles. The Labute approximate surface area is 138 Å². The van der Waals surface area contributed by atoms with Crippen molar-refractivity contribution >= 4 is 11.9 Å². The van der Waals surface area contributed by atoms with Gasteiger partial charge in [0, 0.05) is 45.8 Å². The van der Waals surface area contributed by atoms with Gasteiger partial charge in [0.25, 0.3) is 0 Å². The monoisotopic (exact) mass is 326 g/mol. The number of ether oxygens (including phenoxy) is 2. The minimum Gasteiger partial charge on any atom is -0.375 e.